The van der Waals surface area contributed by atoms with Crippen molar-refractivity contribution >= 4 is 61.7 Å². The van der Waals surface area contributed by atoms with Crippen molar-refractivity contribution in [3.05, 3.63) is 16.6 Å². The molecule has 0 unspecified atom stereocenters. The van der Waals surface area contributed by atoms with Gasteiger partial charge in [-0.2, -0.15) is 0 Å². The molecule has 2 heterocycles. The van der Waals surface area contributed by atoms with Crippen LogP contribution >= 0.6 is 39.0 Å². The Bertz CT molecular complexity index is 935. The van der Waals surface area contributed by atoms with Gasteiger partial charge in [0.15, 0.2) is 15.8 Å². The number of thioether (sulfide) groups is 1. The lowest BCUT2D eigenvalue weighted by molar-refractivity contribution is -0.118. The zero-order valence-corrected chi connectivity index (χ0v) is 18.9. The van der Waals surface area contributed by atoms with E-state index in [4.69, 9.17) is 9.47 Å². The lowest BCUT2D eigenvalue weighted by Crippen LogP contribution is -2.32. The molecule has 0 radical (unpaired) electrons. The molecule has 29 heavy (non-hydrogen) atoms. The van der Waals surface area contributed by atoms with E-state index in [1.807, 2.05) is 6.92 Å². The summed E-state index contributed by atoms with van der Waals surface area (Å²) in [6.07, 6.45) is 2.44. The largest absolute Gasteiger partial charge is 0.486 e. The maximum atomic E-state index is 12.4. The van der Waals surface area contributed by atoms with E-state index in [-0.39, 0.29) is 23.6 Å². The topological polar surface area (TPSA) is 93.7 Å². The molecule has 1 aromatic heterocycles. The second kappa shape index (κ2) is 8.88. The first kappa shape index (κ1) is 20.4. The molecule has 2 amide bonds. The van der Waals surface area contributed by atoms with Gasteiger partial charge in [0.2, 0.25) is 16.9 Å². The Labute approximate surface area is 184 Å². The van der Waals surface area contributed by atoms with Gasteiger partial charge < -0.3 is 14.8 Å². The maximum absolute atomic E-state index is 12.4. The van der Waals surface area contributed by atoms with Crippen molar-refractivity contribution < 1.29 is 19.1 Å². The minimum atomic E-state index is -0.173. The molecule has 1 aromatic carbocycles. The molecular formula is C18H19BrN4O4S2. The Kier molecular flexibility index (Phi) is 6.26. The summed E-state index contributed by atoms with van der Waals surface area (Å²) in [5, 5.41) is 11.8. The van der Waals surface area contributed by atoms with E-state index in [1.54, 1.807) is 17.0 Å². The molecule has 11 heteroatoms. The van der Waals surface area contributed by atoms with Crippen molar-refractivity contribution in [2.24, 2.45) is 0 Å². The Balaban J connectivity index is 1.36. The first-order valence-electron chi connectivity index (χ1n) is 9.22. The minimum absolute atomic E-state index is 0.0569. The molecule has 2 aliphatic rings. The number of hydrogen-bond acceptors (Lipinski definition) is 8. The summed E-state index contributed by atoms with van der Waals surface area (Å²) in [7, 11) is 0. The number of nitrogens with zero attached hydrogens (tertiary/aromatic N) is 3. The summed E-state index contributed by atoms with van der Waals surface area (Å²) < 4.78 is 12.5. The second-order valence-electron chi connectivity index (χ2n) is 6.51. The quantitative estimate of drug-likeness (QED) is 0.459. The van der Waals surface area contributed by atoms with Crippen LogP contribution in [0.1, 0.15) is 26.2 Å². The molecule has 1 aliphatic heterocycles. The summed E-state index contributed by atoms with van der Waals surface area (Å²) in [5.74, 6) is 1.32. The number of fused-ring (bicyclic) bond motifs is 1. The third-order valence-corrected chi connectivity index (χ3v) is 7.03. The highest BCUT2D eigenvalue weighted by atomic mass is 79.9. The monoisotopic (exact) mass is 498 g/mol. The van der Waals surface area contributed by atoms with Crippen LogP contribution in [-0.2, 0) is 9.59 Å². The highest BCUT2D eigenvalue weighted by Crippen LogP contribution is 2.39. The Hall–Kier alpha value is -1.85. The summed E-state index contributed by atoms with van der Waals surface area (Å²) in [5.41, 5.74) is 0.617. The standard InChI is InChI=1S/C18H19BrN4O4S2/c1-2-16(25)23(10-3-4-10)17-21-22-18(29-17)28-9-15(24)20-12-8-14-13(7-11(12)19)26-5-6-27-14/h7-8,10H,2-6,9H2,1H3,(H,20,24). The number of aromatic nitrogens is 2. The molecule has 0 saturated heterocycles. The molecule has 8 nitrogen and oxygen atoms in total. The first-order chi connectivity index (χ1) is 14.0. The fourth-order valence-corrected chi connectivity index (χ4v) is 4.95. The SMILES string of the molecule is CCC(=O)N(c1nnc(SCC(=O)Nc2cc3c(cc2Br)OCCO3)s1)C1CC1. The Morgan fingerprint density at radius 1 is 1.28 bits per heavy atom. The van der Waals surface area contributed by atoms with Crippen molar-refractivity contribution in [3.8, 4) is 11.5 Å². The van der Waals surface area contributed by atoms with Crippen molar-refractivity contribution in [2.75, 3.05) is 29.2 Å². The van der Waals surface area contributed by atoms with E-state index in [0.29, 0.717) is 46.3 Å². The van der Waals surface area contributed by atoms with Gasteiger partial charge in [-0.05, 0) is 28.8 Å². The zero-order valence-electron chi connectivity index (χ0n) is 15.6. The van der Waals surface area contributed by atoms with Gasteiger partial charge in [-0.15, -0.1) is 10.2 Å². The minimum Gasteiger partial charge on any atom is -0.486 e. The summed E-state index contributed by atoms with van der Waals surface area (Å²) in [4.78, 5) is 26.3. The first-order valence-corrected chi connectivity index (χ1v) is 11.8. The van der Waals surface area contributed by atoms with Crippen molar-refractivity contribution in [3.63, 3.8) is 0 Å². The summed E-state index contributed by atoms with van der Waals surface area (Å²) in [6.45, 7) is 2.83. The molecule has 0 atom stereocenters. The highest BCUT2D eigenvalue weighted by Gasteiger charge is 2.35. The number of nitrogens with one attached hydrogen (secondary N) is 1. The fraction of sp³-hybridized carbons (Fsp3) is 0.444. The van der Waals surface area contributed by atoms with E-state index in [1.165, 1.54) is 23.1 Å². The number of amides is 2. The molecule has 1 aliphatic carbocycles. The van der Waals surface area contributed by atoms with Gasteiger partial charge in [-0.25, -0.2) is 0 Å². The number of hydrogen-bond donors (Lipinski definition) is 1. The van der Waals surface area contributed by atoms with Crippen LogP contribution in [-0.4, -0.2) is 47.0 Å². The van der Waals surface area contributed by atoms with Crippen LogP contribution in [0.15, 0.2) is 20.9 Å². The lowest BCUT2D eigenvalue weighted by atomic mass is 10.2. The van der Waals surface area contributed by atoms with Crippen LogP contribution in [0.3, 0.4) is 0 Å². The highest BCUT2D eigenvalue weighted by molar-refractivity contribution is 9.10. The van der Waals surface area contributed by atoms with Gasteiger partial charge in [0, 0.05) is 29.1 Å². The molecular weight excluding hydrogens is 480 g/mol. The molecule has 0 bridgehead atoms. The van der Waals surface area contributed by atoms with Crippen LogP contribution in [0.4, 0.5) is 10.8 Å². The molecule has 4 rings (SSSR count). The summed E-state index contributed by atoms with van der Waals surface area (Å²) >= 11 is 6.08. The number of ether oxygens (including phenoxy) is 2. The van der Waals surface area contributed by atoms with Gasteiger partial charge in [0.25, 0.3) is 0 Å². The van der Waals surface area contributed by atoms with E-state index in [9.17, 15) is 9.59 Å². The third kappa shape index (κ3) is 4.84. The molecule has 1 saturated carbocycles. The average molecular weight is 499 g/mol. The van der Waals surface area contributed by atoms with E-state index < -0.39 is 0 Å². The fourth-order valence-electron chi connectivity index (χ4n) is 2.80. The predicted octanol–water partition coefficient (Wildman–Crippen LogP) is 3.71. The van der Waals surface area contributed by atoms with Crippen molar-refractivity contribution in [1.29, 1.82) is 0 Å². The van der Waals surface area contributed by atoms with E-state index >= 15 is 0 Å². The van der Waals surface area contributed by atoms with Crippen LogP contribution < -0.4 is 19.7 Å². The lowest BCUT2D eigenvalue weighted by Gasteiger charge is -2.20. The van der Waals surface area contributed by atoms with Gasteiger partial charge in [0.05, 0.1) is 11.4 Å². The smallest absolute Gasteiger partial charge is 0.234 e. The van der Waals surface area contributed by atoms with Crippen molar-refractivity contribution in [1.82, 2.24) is 10.2 Å². The average Bonchev–Trinajstić information content (AvgIpc) is 3.44. The molecule has 2 aromatic rings. The number of carbonyl (C=O) groups is 2. The number of benzene rings is 1. The van der Waals surface area contributed by atoms with Crippen LogP contribution in [0, 0.1) is 0 Å². The number of anilines is 2. The van der Waals surface area contributed by atoms with Gasteiger partial charge >= 0.3 is 0 Å². The molecule has 1 fully saturated rings. The van der Waals surface area contributed by atoms with Crippen LogP contribution in [0.5, 0.6) is 11.5 Å². The number of rotatable bonds is 7. The van der Waals surface area contributed by atoms with Gasteiger partial charge in [0.1, 0.15) is 13.2 Å². The number of halogens is 1. The molecule has 1 N–H and O–H groups in total. The number of carbonyl (C=O) groups excluding carboxylic acids is 2. The van der Waals surface area contributed by atoms with Gasteiger partial charge in [-0.3, -0.25) is 14.5 Å². The van der Waals surface area contributed by atoms with E-state index in [2.05, 4.69) is 31.4 Å². The van der Waals surface area contributed by atoms with Crippen molar-refractivity contribution in [2.45, 2.75) is 36.6 Å². The normalized spacial score (nSPS) is 15.1. The Morgan fingerprint density at radius 3 is 2.69 bits per heavy atom. The molecule has 0 spiro atoms. The predicted molar refractivity (Wildman–Crippen MR) is 115 cm³/mol. The maximum Gasteiger partial charge on any atom is 0.234 e. The second-order valence-corrected chi connectivity index (χ2v) is 9.54. The zero-order chi connectivity index (χ0) is 20.4. The van der Waals surface area contributed by atoms with E-state index in [0.717, 1.165) is 17.3 Å². The summed E-state index contributed by atoms with van der Waals surface area (Å²) in [6, 6.07) is 3.77. The van der Waals surface area contributed by atoms with Crippen LogP contribution in [0.25, 0.3) is 0 Å². The Morgan fingerprint density at radius 2 is 2.00 bits per heavy atom. The van der Waals surface area contributed by atoms with Gasteiger partial charge in [-0.1, -0.05) is 30.0 Å². The van der Waals surface area contributed by atoms with Crippen LogP contribution in [0.2, 0.25) is 0 Å². The third-order valence-electron chi connectivity index (χ3n) is 4.32. The molecule has 154 valence electrons.